The molecule has 0 aliphatic heterocycles. The molecule has 2 heterocycles. The van der Waals surface area contributed by atoms with Crippen molar-refractivity contribution in [2.75, 3.05) is 0 Å². The highest BCUT2D eigenvalue weighted by atomic mass is 16.4. The standard InChI is InChI=1S/C42H26O9.C37H24O9/c43-34-30-28(20-11-5-2-6-12-20)31-33(37(46)41(50)39(48)35(31)44)29(32(30)36(45)40(49)38(34)47)23-16-24(19-9-3-1-4-10-19)42-26(17-23)25-15-21-13-7-8-14-22(21)18-27(25)51-42;1-15-11-19(13-21-20-12-17-9-5-6-10-18(17)14-22(20)46-37(15)21)24-27-25(29(38)33(42)35(44)31(27)40)23(16-7-3-2-4-8-16)26-28(24)32(41)36(45)34(43)30(26)39/h1-18,43-50H;2-14,38-45H,1H3. The van der Waals surface area contributed by atoms with Crippen LogP contribution in [-0.4, -0.2) is 81.7 Å². The maximum Gasteiger partial charge on any atom is 0.204 e. The van der Waals surface area contributed by atoms with Gasteiger partial charge in [-0.3, -0.25) is 0 Å². The van der Waals surface area contributed by atoms with Gasteiger partial charge in [0.2, 0.25) is 46.0 Å². The van der Waals surface area contributed by atoms with Gasteiger partial charge in [0.1, 0.15) is 22.3 Å². The van der Waals surface area contributed by atoms with Crippen LogP contribution >= 0.6 is 0 Å². The highest BCUT2D eigenvalue weighted by Crippen LogP contribution is 2.65. The Morgan fingerprint density at radius 1 is 0.216 bits per heavy atom. The van der Waals surface area contributed by atoms with Crippen LogP contribution in [0.5, 0.6) is 92.0 Å². The molecule has 0 saturated heterocycles. The van der Waals surface area contributed by atoms with Crippen molar-refractivity contribution in [3.05, 3.63) is 194 Å². The zero-order valence-corrected chi connectivity index (χ0v) is 50.4. The molecule has 0 spiro atoms. The second kappa shape index (κ2) is 21.1. The highest BCUT2D eigenvalue weighted by Gasteiger charge is 2.35. The van der Waals surface area contributed by atoms with Gasteiger partial charge in [0.05, 0.1) is 0 Å². The van der Waals surface area contributed by atoms with E-state index >= 15 is 0 Å². The lowest BCUT2D eigenvalue weighted by Gasteiger charge is -2.22. The van der Waals surface area contributed by atoms with Crippen LogP contribution in [0.2, 0.25) is 0 Å². The number of hydrogen-bond acceptors (Lipinski definition) is 18. The van der Waals surface area contributed by atoms with E-state index in [9.17, 15) is 81.7 Å². The molecule has 474 valence electrons. The van der Waals surface area contributed by atoms with E-state index in [1.54, 1.807) is 91.9 Å². The predicted molar refractivity (Wildman–Crippen MR) is 371 cm³/mol. The molecule has 0 aliphatic rings. The van der Waals surface area contributed by atoms with Crippen LogP contribution in [0.3, 0.4) is 0 Å². The zero-order valence-electron chi connectivity index (χ0n) is 50.4. The van der Waals surface area contributed by atoms with Gasteiger partial charge in [0.15, 0.2) is 46.0 Å². The average molecular weight is 1290 g/mol. The second-order valence-corrected chi connectivity index (χ2v) is 23.8. The first-order valence-corrected chi connectivity index (χ1v) is 30.1. The maximum atomic E-state index is 11.7. The molecule has 0 amide bonds. The van der Waals surface area contributed by atoms with Crippen molar-refractivity contribution in [2.45, 2.75) is 6.92 Å². The fourth-order valence-corrected chi connectivity index (χ4v) is 14.0. The van der Waals surface area contributed by atoms with Crippen molar-refractivity contribution in [3.63, 3.8) is 0 Å². The minimum absolute atomic E-state index is 0.00131. The molecule has 2 aromatic heterocycles. The van der Waals surface area contributed by atoms with Gasteiger partial charge in [-0.25, -0.2) is 0 Å². The summed E-state index contributed by atoms with van der Waals surface area (Å²) in [7, 11) is 0. The summed E-state index contributed by atoms with van der Waals surface area (Å²) in [6.45, 7) is 1.80. The van der Waals surface area contributed by atoms with E-state index in [0.29, 0.717) is 66.5 Å². The van der Waals surface area contributed by atoms with Gasteiger partial charge in [-0.15, -0.1) is 0 Å². The summed E-state index contributed by atoms with van der Waals surface area (Å²) in [5, 5.41) is 184. The minimum atomic E-state index is -1.03. The topological polar surface area (TPSA) is 350 Å². The van der Waals surface area contributed by atoms with Crippen LogP contribution in [-0.2, 0) is 0 Å². The smallest absolute Gasteiger partial charge is 0.204 e. The Hall–Kier alpha value is -13.7. The van der Waals surface area contributed by atoms with E-state index in [0.717, 1.165) is 37.9 Å². The number of benzene rings is 15. The molecule has 17 rings (SSSR count). The number of furan rings is 2. The van der Waals surface area contributed by atoms with Crippen molar-refractivity contribution >= 4 is 109 Å². The fraction of sp³-hybridized carbons (Fsp3) is 0.0127. The molecular formula is C79H50O18. The molecule has 0 aliphatic carbocycles. The van der Waals surface area contributed by atoms with Crippen LogP contribution in [0, 0.1) is 6.92 Å². The number of phenolic OH excluding ortho intramolecular Hbond substituents is 16. The number of aromatic hydroxyl groups is 16. The van der Waals surface area contributed by atoms with Crippen LogP contribution in [0.15, 0.2) is 197 Å². The largest absolute Gasteiger partial charge is 0.504 e. The molecule has 0 unspecified atom stereocenters. The number of aryl methyl sites for hydroxylation is 1. The first-order chi connectivity index (χ1) is 46.7. The summed E-state index contributed by atoms with van der Waals surface area (Å²) < 4.78 is 12.8. The minimum Gasteiger partial charge on any atom is -0.504 e. The highest BCUT2D eigenvalue weighted by molar-refractivity contribution is 6.32. The van der Waals surface area contributed by atoms with E-state index in [1.807, 2.05) is 103 Å². The Morgan fingerprint density at radius 2 is 0.474 bits per heavy atom. The van der Waals surface area contributed by atoms with Crippen molar-refractivity contribution in [1.29, 1.82) is 0 Å². The Balaban J connectivity index is 0.000000153. The fourth-order valence-electron chi connectivity index (χ4n) is 14.0. The first-order valence-electron chi connectivity index (χ1n) is 30.1. The average Bonchev–Trinajstić information content (AvgIpc) is 1.53. The number of rotatable bonds is 5. The summed E-state index contributed by atoms with van der Waals surface area (Å²) in [5.41, 5.74) is 5.57. The normalized spacial score (nSPS) is 11.8. The molecule has 97 heavy (non-hydrogen) atoms. The van der Waals surface area contributed by atoms with Gasteiger partial charge in [-0.05, 0) is 110 Å². The molecule has 0 fully saturated rings. The van der Waals surface area contributed by atoms with E-state index in [2.05, 4.69) is 0 Å². The number of fused-ring (bicyclic) bond motifs is 12. The number of hydrogen-bond donors (Lipinski definition) is 16. The third kappa shape index (κ3) is 8.33. The Morgan fingerprint density at radius 3 is 0.804 bits per heavy atom. The Kier molecular flexibility index (Phi) is 12.7. The van der Waals surface area contributed by atoms with Gasteiger partial charge in [0.25, 0.3) is 0 Å². The van der Waals surface area contributed by atoms with Crippen molar-refractivity contribution in [2.24, 2.45) is 0 Å². The Bertz CT molecular complexity index is 6160. The zero-order chi connectivity index (χ0) is 67.5. The monoisotopic (exact) mass is 1290 g/mol. The van der Waals surface area contributed by atoms with E-state index in [1.165, 1.54) is 0 Å². The quantitative estimate of drug-likeness (QED) is 0.0432. The molecule has 17 aromatic rings. The van der Waals surface area contributed by atoms with Crippen LogP contribution in [0.1, 0.15) is 5.56 Å². The summed E-state index contributed by atoms with van der Waals surface area (Å²) >= 11 is 0. The third-order valence-electron chi connectivity index (χ3n) is 18.4. The van der Waals surface area contributed by atoms with Crippen LogP contribution in [0.4, 0.5) is 0 Å². The molecule has 16 N–H and O–H groups in total. The lowest BCUT2D eigenvalue weighted by Crippen LogP contribution is -1.95. The summed E-state index contributed by atoms with van der Waals surface area (Å²) in [5.74, 6) is -14.8. The van der Waals surface area contributed by atoms with Gasteiger partial charge >= 0.3 is 0 Å². The van der Waals surface area contributed by atoms with E-state index in [4.69, 9.17) is 8.83 Å². The molecular weight excluding hydrogens is 1240 g/mol. The van der Waals surface area contributed by atoms with Crippen molar-refractivity contribution in [1.82, 2.24) is 0 Å². The molecule has 15 aromatic carbocycles. The van der Waals surface area contributed by atoms with E-state index < -0.39 is 92.0 Å². The Labute approximate surface area is 544 Å². The SMILES string of the molecule is Cc1cc(-c2c3c(O)c(O)c(O)c(O)c3c(-c3ccccc3)c3c(O)c(O)c(O)c(O)c23)cc2c1oc1cc3ccccc3cc12.Oc1c(O)c(O)c2c(-c3cc(-c4ccccc4)c4oc5cc6ccccc6cc5c4c3)c3c(O)c(O)c(O)c(O)c3c(-c3ccccc3)c2c1O. The summed E-state index contributed by atoms with van der Waals surface area (Å²) in [4.78, 5) is 0. The van der Waals surface area contributed by atoms with Crippen LogP contribution in [0.25, 0.3) is 164 Å². The summed E-state index contributed by atoms with van der Waals surface area (Å²) in [6.07, 6.45) is 0. The molecule has 18 heteroatoms. The number of phenols is 16. The molecule has 0 atom stereocenters. The lowest BCUT2D eigenvalue weighted by molar-refractivity contribution is 0.350. The van der Waals surface area contributed by atoms with Crippen LogP contribution < -0.4 is 0 Å². The van der Waals surface area contributed by atoms with Gasteiger partial charge < -0.3 is 90.5 Å². The summed E-state index contributed by atoms with van der Waals surface area (Å²) in [6, 6.07) is 56.3. The lowest BCUT2D eigenvalue weighted by atomic mass is 9.83. The predicted octanol–water partition coefficient (Wildman–Crippen LogP) is 18.0. The molecule has 0 radical (unpaired) electrons. The molecule has 18 nitrogen and oxygen atoms in total. The van der Waals surface area contributed by atoms with E-state index in [-0.39, 0.29) is 65.3 Å². The maximum absolute atomic E-state index is 11.7. The second-order valence-electron chi connectivity index (χ2n) is 23.8. The van der Waals surface area contributed by atoms with Gasteiger partial charge in [-0.2, -0.15) is 0 Å². The van der Waals surface area contributed by atoms with Gasteiger partial charge in [0, 0.05) is 92.5 Å². The molecule has 0 bridgehead atoms. The first kappa shape index (κ1) is 58.4. The molecule has 0 saturated carbocycles. The van der Waals surface area contributed by atoms with Gasteiger partial charge in [-0.1, -0.05) is 140 Å². The third-order valence-corrected chi connectivity index (χ3v) is 18.4. The van der Waals surface area contributed by atoms with Crippen molar-refractivity contribution < 1.29 is 90.5 Å². The van der Waals surface area contributed by atoms with Crippen molar-refractivity contribution in [3.8, 4) is 148 Å².